The Labute approximate surface area is 175 Å². The van der Waals surface area contributed by atoms with E-state index in [1.165, 1.54) is 6.08 Å². The second-order valence-electron chi connectivity index (χ2n) is 7.27. The maximum Gasteiger partial charge on any atom is 0.303 e. The van der Waals surface area contributed by atoms with Gasteiger partial charge in [-0.05, 0) is 43.4 Å². The molecule has 1 aliphatic rings. The van der Waals surface area contributed by atoms with Gasteiger partial charge in [0.1, 0.15) is 12.4 Å². The minimum atomic E-state index is -1.36. The van der Waals surface area contributed by atoms with Crippen LogP contribution in [0, 0.1) is 11.8 Å². The molecule has 1 fully saturated rings. The van der Waals surface area contributed by atoms with Crippen molar-refractivity contribution in [2.24, 2.45) is 11.8 Å². The van der Waals surface area contributed by atoms with Gasteiger partial charge in [0.25, 0.3) is 0 Å². The molecule has 1 saturated carbocycles. The van der Waals surface area contributed by atoms with Gasteiger partial charge < -0.3 is 20.1 Å². The minimum Gasteiger partial charge on any atom is -0.490 e. The van der Waals surface area contributed by atoms with Gasteiger partial charge in [0.15, 0.2) is 6.17 Å². The summed E-state index contributed by atoms with van der Waals surface area (Å²) in [6.07, 6.45) is 6.13. The molecule has 0 radical (unpaired) electrons. The molecule has 0 aliphatic heterocycles. The summed E-state index contributed by atoms with van der Waals surface area (Å²) in [7, 11) is 0. The number of ether oxygens (including phenoxy) is 1. The van der Waals surface area contributed by atoms with Crippen molar-refractivity contribution >= 4 is 17.6 Å². The molecular weight excluding hydrogens is 399 g/mol. The van der Waals surface area contributed by atoms with Crippen molar-refractivity contribution < 1.29 is 29.2 Å². The lowest BCUT2D eigenvalue weighted by atomic mass is 9.89. The maximum atomic E-state index is 14.2. The average molecular weight is 427 g/mol. The summed E-state index contributed by atoms with van der Waals surface area (Å²) in [6.45, 7) is -0.170. The topological polar surface area (TPSA) is 87.0 Å². The van der Waals surface area contributed by atoms with Gasteiger partial charge in [-0.3, -0.25) is 4.79 Å². The van der Waals surface area contributed by atoms with Crippen LogP contribution in [-0.4, -0.2) is 46.3 Å². The first kappa shape index (κ1) is 23.4. The molecule has 1 aromatic rings. The van der Waals surface area contributed by atoms with Gasteiger partial charge in [0.2, 0.25) is 0 Å². The van der Waals surface area contributed by atoms with E-state index in [1.807, 2.05) is 12.2 Å². The van der Waals surface area contributed by atoms with E-state index in [1.54, 1.807) is 30.3 Å². The van der Waals surface area contributed by atoms with E-state index >= 15 is 0 Å². The molecule has 0 saturated heterocycles. The van der Waals surface area contributed by atoms with Crippen molar-refractivity contribution in [3.8, 4) is 5.75 Å². The molecule has 3 N–H and O–H groups in total. The Bertz CT molecular complexity index is 708. The molecule has 0 spiro atoms. The fraction of sp³-hybridized carbons (Fsp3) is 0.500. The van der Waals surface area contributed by atoms with E-state index in [9.17, 15) is 19.4 Å². The van der Waals surface area contributed by atoms with Crippen LogP contribution in [0.1, 0.15) is 32.1 Å². The third kappa shape index (κ3) is 8.17. The standard InChI is InChI=1S/C22H28ClFO5/c23-15-6-5-7-17(12-15)29-14-16(24)10-11-19-18(20(25)13-21(19)26)8-3-1-2-4-9-22(27)28/h1,3,5-7,10-12,16,18-21,25-26H,2,4,8-9,13-14H2,(H,27,28)/b3-1-,11-10+/t16-,18-,19-,20+,21-/m1/s1. The molecule has 160 valence electrons. The number of aliphatic hydroxyl groups excluding tert-OH is 2. The van der Waals surface area contributed by atoms with Crippen LogP contribution in [0.15, 0.2) is 48.6 Å². The van der Waals surface area contributed by atoms with Crippen molar-refractivity contribution in [1.82, 2.24) is 0 Å². The second-order valence-corrected chi connectivity index (χ2v) is 7.71. The Morgan fingerprint density at radius 3 is 2.83 bits per heavy atom. The third-order valence-electron chi connectivity index (χ3n) is 5.00. The first-order valence-corrected chi connectivity index (χ1v) is 10.2. The van der Waals surface area contributed by atoms with Crippen molar-refractivity contribution in [3.63, 3.8) is 0 Å². The molecule has 5 nitrogen and oxygen atoms in total. The molecule has 0 aromatic heterocycles. The number of unbranched alkanes of at least 4 members (excludes halogenated alkanes) is 1. The Kier molecular flexibility index (Phi) is 9.64. The molecule has 1 aromatic carbocycles. The fourth-order valence-electron chi connectivity index (χ4n) is 3.49. The van der Waals surface area contributed by atoms with Crippen molar-refractivity contribution in [3.05, 3.63) is 53.6 Å². The van der Waals surface area contributed by atoms with Crippen LogP contribution >= 0.6 is 11.6 Å². The lowest BCUT2D eigenvalue weighted by Gasteiger charge is -2.19. The quantitative estimate of drug-likeness (QED) is 0.365. The number of carbonyl (C=O) groups is 1. The van der Waals surface area contributed by atoms with Crippen LogP contribution in [0.4, 0.5) is 4.39 Å². The number of carboxylic acids is 1. The van der Waals surface area contributed by atoms with Crippen LogP contribution in [0.5, 0.6) is 5.75 Å². The van der Waals surface area contributed by atoms with Gasteiger partial charge in [-0.1, -0.05) is 42.0 Å². The highest BCUT2D eigenvalue weighted by Crippen LogP contribution is 2.36. The number of carboxylic acid groups (broad SMARTS) is 1. The molecule has 0 amide bonds. The van der Waals surface area contributed by atoms with Gasteiger partial charge >= 0.3 is 5.97 Å². The largest absolute Gasteiger partial charge is 0.490 e. The highest BCUT2D eigenvalue weighted by atomic mass is 35.5. The van der Waals surface area contributed by atoms with E-state index in [0.717, 1.165) is 0 Å². The first-order valence-electron chi connectivity index (χ1n) is 9.80. The molecular formula is C22H28ClFO5. The summed E-state index contributed by atoms with van der Waals surface area (Å²) in [4.78, 5) is 10.5. The Hall–Kier alpha value is -1.89. The summed E-state index contributed by atoms with van der Waals surface area (Å²) in [6, 6.07) is 6.72. The van der Waals surface area contributed by atoms with Crippen molar-refractivity contribution in [2.75, 3.05) is 6.61 Å². The van der Waals surface area contributed by atoms with E-state index in [2.05, 4.69) is 0 Å². The number of alkyl halides is 1. The molecule has 0 heterocycles. The number of benzene rings is 1. The van der Waals surface area contributed by atoms with E-state index in [0.29, 0.717) is 30.0 Å². The summed E-state index contributed by atoms with van der Waals surface area (Å²) in [5.41, 5.74) is 0. The number of rotatable bonds is 11. The van der Waals surface area contributed by atoms with Crippen molar-refractivity contribution in [1.29, 1.82) is 0 Å². The zero-order valence-electron chi connectivity index (χ0n) is 16.2. The number of hydrogen-bond acceptors (Lipinski definition) is 4. The average Bonchev–Trinajstić information content (AvgIpc) is 2.93. The lowest BCUT2D eigenvalue weighted by molar-refractivity contribution is -0.137. The van der Waals surface area contributed by atoms with Crippen LogP contribution in [0.3, 0.4) is 0 Å². The molecule has 29 heavy (non-hydrogen) atoms. The van der Waals surface area contributed by atoms with Crippen molar-refractivity contribution in [2.45, 2.75) is 50.5 Å². The molecule has 7 heteroatoms. The molecule has 0 bridgehead atoms. The molecule has 5 atom stereocenters. The van der Waals surface area contributed by atoms with Crippen LogP contribution in [0.25, 0.3) is 0 Å². The number of aliphatic hydroxyl groups is 2. The predicted octanol–water partition coefficient (Wildman–Crippen LogP) is 4.17. The maximum absolute atomic E-state index is 14.2. The normalized spacial score (nSPS) is 25.7. The van der Waals surface area contributed by atoms with Crippen LogP contribution < -0.4 is 4.74 Å². The minimum absolute atomic E-state index is 0.121. The predicted molar refractivity (Wildman–Crippen MR) is 110 cm³/mol. The summed E-state index contributed by atoms with van der Waals surface area (Å²) in [5.74, 6) is -0.898. The smallest absolute Gasteiger partial charge is 0.303 e. The SMILES string of the molecule is O=C(O)CCC/C=C\C[C@@H]1[C@@H](/C=C/[C@@H](F)COc2cccc(Cl)c2)[C@H](O)C[C@@H]1O. The van der Waals surface area contributed by atoms with Gasteiger partial charge in [0.05, 0.1) is 12.2 Å². The third-order valence-corrected chi connectivity index (χ3v) is 5.23. The zero-order chi connectivity index (χ0) is 21.2. The Balaban J connectivity index is 1.83. The van der Waals surface area contributed by atoms with E-state index < -0.39 is 24.3 Å². The molecule has 0 unspecified atom stereocenters. The summed E-state index contributed by atoms with van der Waals surface area (Å²) >= 11 is 5.87. The zero-order valence-corrected chi connectivity index (χ0v) is 16.9. The van der Waals surface area contributed by atoms with Crippen LogP contribution in [0.2, 0.25) is 5.02 Å². The first-order chi connectivity index (χ1) is 13.9. The summed E-state index contributed by atoms with van der Waals surface area (Å²) < 4.78 is 19.6. The van der Waals surface area contributed by atoms with Gasteiger partial charge in [-0.25, -0.2) is 4.39 Å². The molecule has 1 aliphatic carbocycles. The Morgan fingerprint density at radius 1 is 1.31 bits per heavy atom. The van der Waals surface area contributed by atoms with E-state index in [-0.39, 0.29) is 31.3 Å². The Morgan fingerprint density at radius 2 is 2.10 bits per heavy atom. The number of aliphatic carboxylic acids is 1. The lowest BCUT2D eigenvalue weighted by Crippen LogP contribution is -2.20. The summed E-state index contributed by atoms with van der Waals surface area (Å²) in [5, 5.41) is 29.6. The van der Waals surface area contributed by atoms with Gasteiger partial charge in [-0.2, -0.15) is 0 Å². The number of hydrogen-bond donors (Lipinski definition) is 3. The second kappa shape index (κ2) is 12.0. The number of halogens is 2. The molecule has 2 rings (SSSR count). The number of allylic oxidation sites excluding steroid dienone is 2. The van der Waals surface area contributed by atoms with Crippen LogP contribution in [-0.2, 0) is 4.79 Å². The van der Waals surface area contributed by atoms with Gasteiger partial charge in [-0.15, -0.1) is 0 Å². The monoisotopic (exact) mass is 426 g/mol. The van der Waals surface area contributed by atoms with E-state index in [4.69, 9.17) is 21.4 Å². The van der Waals surface area contributed by atoms with Gasteiger partial charge in [0, 0.05) is 23.8 Å². The highest BCUT2D eigenvalue weighted by molar-refractivity contribution is 6.30. The fourth-order valence-corrected chi connectivity index (χ4v) is 3.67. The highest BCUT2D eigenvalue weighted by Gasteiger charge is 2.39.